The fourth-order valence-corrected chi connectivity index (χ4v) is 4.51. The molecule has 32 heavy (non-hydrogen) atoms. The summed E-state index contributed by atoms with van der Waals surface area (Å²) in [5, 5.41) is 3.52. The van der Waals surface area contributed by atoms with Gasteiger partial charge in [0.15, 0.2) is 5.75 Å². The first-order valence-corrected chi connectivity index (χ1v) is 10.8. The summed E-state index contributed by atoms with van der Waals surface area (Å²) in [7, 11) is 2.86. The molecule has 1 atom stereocenters. The number of H-pyrrole nitrogens is 1. The highest BCUT2D eigenvalue weighted by atomic mass is 35.5. The van der Waals surface area contributed by atoms with Gasteiger partial charge in [0.05, 0.1) is 24.6 Å². The van der Waals surface area contributed by atoms with Crippen LogP contribution in [0.4, 0.5) is 0 Å². The monoisotopic (exact) mass is 474 g/mol. The van der Waals surface area contributed by atoms with Gasteiger partial charge in [0.1, 0.15) is 10.5 Å². The molecule has 0 aliphatic heterocycles. The summed E-state index contributed by atoms with van der Waals surface area (Å²) >= 11 is 7.18. The van der Waals surface area contributed by atoms with Crippen molar-refractivity contribution in [2.24, 2.45) is 5.92 Å². The van der Waals surface area contributed by atoms with Crippen LogP contribution in [-0.4, -0.2) is 41.2 Å². The number of fused-ring (bicyclic) bond motifs is 1. The van der Waals surface area contributed by atoms with Crippen LogP contribution in [0.15, 0.2) is 51.0 Å². The van der Waals surface area contributed by atoms with Crippen LogP contribution in [0, 0.1) is 5.92 Å². The van der Waals surface area contributed by atoms with E-state index in [1.807, 2.05) is 12.2 Å². The number of carbonyl (C=O) groups excluding carboxylic acids is 1. The number of nitrogens with zero attached hydrogens (tertiary/aromatic N) is 2. The number of ether oxygens (including phenoxy) is 2. The van der Waals surface area contributed by atoms with E-state index in [9.17, 15) is 14.4 Å². The summed E-state index contributed by atoms with van der Waals surface area (Å²) in [6.45, 7) is 0.364. The molecule has 1 unspecified atom stereocenters. The first kappa shape index (κ1) is 21.8. The van der Waals surface area contributed by atoms with Gasteiger partial charge >= 0.3 is 5.69 Å². The molecule has 1 amide bonds. The quantitative estimate of drug-likeness (QED) is 0.567. The molecule has 0 aromatic carbocycles. The van der Waals surface area contributed by atoms with Crippen LogP contribution in [0.5, 0.6) is 11.6 Å². The number of rotatable bonds is 6. The van der Waals surface area contributed by atoms with Gasteiger partial charge in [-0.15, -0.1) is 11.3 Å². The van der Waals surface area contributed by atoms with E-state index in [4.69, 9.17) is 21.1 Å². The number of amides is 1. The SMILES string of the molecule is COc1ccc(-n2c(=O)[nH]c3cc(C(=O)NCC4CC=CC=C4Cl)sc3c2=O)nc1OC. The standard InChI is InChI=1S/C21H19ClN4O5S/c1-30-14-7-8-16(25-19(14)31-2)26-20(28)17-13(24-21(26)29)9-15(32-17)18(27)23-10-11-5-3-4-6-12(11)22/h3-4,6-9,11H,5,10H2,1-2H3,(H,23,27)(H,24,29). The molecular weight excluding hydrogens is 456 g/mol. The van der Waals surface area contributed by atoms with Gasteiger partial charge in [0.2, 0.25) is 0 Å². The minimum absolute atomic E-state index is 0.00755. The second-order valence-electron chi connectivity index (χ2n) is 6.93. The topological polar surface area (TPSA) is 115 Å². The van der Waals surface area contributed by atoms with E-state index in [1.54, 1.807) is 12.1 Å². The van der Waals surface area contributed by atoms with E-state index in [0.717, 1.165) is 22.3 Å². The summed E-state index contributed by atoms with van der Waals surface area (Å²) in [5.41, 5.74) is -0.987. The van der Waals surface area contributed by atoms with E-state index < -0.39 is 11.2 Å². The number of pyridine rings is 1. The zero-order chi connectivity index (χ0) is 22.8. The lowest BCUT2D eigenvalue weighted by molar-refractivity contribution is 0.0953. The van der Waals surface area contributed by atoms with Crippen LogP contribution in [0.25, 0.3) is 16.0 Å². The summed E-state index contributed by atoms with van der Waals surface area (Å²) in [6, 6.07) is 4.51. The number of aromatic nitrogens is 3. The molecule has 0 bridgehead atoms. The number of thiophene rings is 1. The van der Waals surface area contributed by atoms with Crippen LogP contribution in [0.3, 0.4) is 0 Å². The molecule has 0 radical (unpaired) electrons. The normalized spacial score (nSPS) is 15.5. The lowest BCUT2D eigenvalue weighted by Crippen LogP contribution is -2.33. The molecule has 9 nitrogen and oxygen atoms in total. The fourth-order valence-electron chi connectivity index (χ4n) is 3.31. The fraction of sp³-hybridized carbons (Fsp3) is 0.238. The molecule has 3 aromatic heterocycles. The second-order valence-corrected chi connectivity index (χ2v) is 8.42. The number of methoxy groups -OCH3 is 2. The molecule has 1 aliphatic carbocycles. The van der Waals surface area contributed by atoms with Crippen molar-refractivity contribution in [3.63, 3.8) is 0 Å². The molecule has 11 heteroatoms. The van der Waals surface area contributed by atoms with Crippen molar-refractivity contribution in [3.8, 4) is 17.4 Å². The van der Waals surface area contributed by atoms with Crippen molar-refractivity contribution in [1.82, 2.24) is 19.9 Å². The maximum atomic E-state index is 13.1. The summed E-state index contributed by atoms with van der Waals surface area (Å²) in [4.78, 5) is 45.5. The third kappa shape index (κ3) is 4.06. The smallest absolute Gasteiger partial charge is 0.334 e. The number of hydrogen-bond donors (Lipinski definition) is 2. The second kappa shape index (κ2) is 9.01. The molecule has 3 aromatic rings. The maximum Gasteiger partial charge on any atom is 0.334 e. The van der Waals surface area contributed by atoms with E-state index in [-0.39, 0.29) is 33.7 Å². The minimum atomic E-state index is -0.683. The number of hydrogen-bond acceptors (Lipinski definition) is 7. The van der Waals surface area contributed by atoms with E-state index in [0.29, 0.717) is 22.2 Å². The first-order valence-electron chi connectivity index (χ1n) is 9.61. The molecule has 0 fully saturated rings. The Morgan fingerprint density at radius 1 is 1.34 bits per heavy atom. The van der Waals surface area contributed by atoms with Gasteiger partial charge in [0, 0.05) is 17.5 Å². The van der Waals surface area contributed by atoms with Crippen LogP contribution >= 0.6 is 22.9 Å². The highest BCUT2D eigenvalue weighted by molar-refractivity contribution is 7.20. The number of allylic oxidation sites excluding steroid dienone is 3. The third-order valence-corrected chi connectivity index (χ3v) is 6.52. The molecule has 2 N–H and O–H groups in total. The van der Waals surface area contributed by atoms with Gasteiger partial charge in [-0.05, 0) is 30.7 Å². The van der Waals surface area contributed by atoms with Crippen molar-refractivity contribution >= 4 is 39.1 Å². The summed E-state index contributed by atoms with van der Waals surface area (Å²) in [6.07, 6.45) is 6.40. The number of nitrogens with one attached hydrogen (secondary N) is 2. The lowest BCUT2D eigenvalue weighted by Gasteiger charge is -2.17. The predicted octanol–water partition coefficient (Wildman–Crippen LogP) is 2.58. The molecule has 1 aliphatic rings. The Labute approximate surface area is 191 Å². The largest absolute Gasteiger partial charge is 0.491 e. The van der Waals surface area contributed by atoms with Crippen molar-refractivity contribution in [2.75, 3.05) is 20.8 Å². The molecule has 0 spiro atoms. The van der Waals surface area contributed by atoms with Crippen LogP contribution in [-0.2, 0) is 0 Å². The number of aromatic amines is 1. The average Bonchev–Trinajstić information content (AvgIpc) is 3.22. The molecule has 0 saturated heterocycles. The van der Waals surface area contributed by atoms with Crippen LogP contribution in [0.1, 0.15) is 16.1 Å². The number of carbonyl (C=O) groups is 1. The zero-order valence-corrected chi connectivity index (χ0v) is 18.7. The maximum absolute atomic E-state index is 13.1. The average molecular weight is 475 g/mol. The summed E-state index contributed by atoms with van der Waals surface area (Å²) in [5.74, 6) is 0.226. The van der Waals surface area contributed by atoms with Crippen molar-refractivity contribution < 1.29 is 14.3 Å². The summed E-state index contributed by atoms with van der Waals surface area (Å²) < 4.78 is 11.4. The van der Waals surface area contributed by atoms with Gasteiger partial charge in [-0.1, -0.05) is 23.8 Å². The Hall–Kier alpha value is -3.37. The van der Waals surface area contributed by atoms with Crippen molar-refractivity contribution in [3.05, 3.63) is 67.2 Å². The van der Waals surface area contributed by atoms with E-state index in [1.165, 1.54) is 26.4 Å². The van der Waals surface area contributed by atoms with E-state index in [2.05, 4.69) is 15.3 Å². The predicted molar refractivity (Wildman–Crippen MR) is 122 cm³/mol. The number of halogens is 1. The highest BCUT2D eigenvalue weighted by Gasteiger charge is 2.20. The molecule has 4 rings (SSSR count). The lowest BCUT2D eigenvalue weighted by atomic mass is 10.0. The minimum Gasteiger partial charge on any atom is -0.491 e. The molecule has 166 valence electrons. The Kier molecular flexibility index (Phi) is 6.15. The molecule has 3 heterocycles. The Balaban J connectivity index is 1.65. The molecule has 0 saturated carbocycles. The van der Waals surface area contributed by atoms with Crippen LogP contribution in [0.2, 0.25) is 0 Å². The van der Waals surface area contributed by atoms with Crippen molar-refractivity contribution in [2.45, 2.75) is 6.42 Å². The Morgan fingerprint density at radius 2 is 2.16 bits per heavy atom. The van der Waals surface area contributed by atoms with Crippen LogP contribution < -0.4 is 26.0 Å². The highest BCUT2D eigenvalue weighted by Crippen LogP contribution is 2.26. The zero-order valence-electron chi connectivity index (χ0n) is 17.2. The van der Waals surface area contributed by atoms with Crippen molar-refractivity contribution in [1.29, 1.82) is 0 Å². The van der Waals surface area contributed by atoms with Gasteiger partial charge in [-0.25, -0.2) is 9.36 Å². The van der Waals surface area contributed by atoms with Gasteiger partial charge in [0.25, 0.3) is 17.3 Å². The Bertz CT molecular complexity index is 1370. The van der Waals surface area contributed by atoms with Gasteiger partial charge < -0.3 is 19.8 Å². The third-order valence-electron chi connectivity index (χ3n) is 4.96. The van der Waals surface area contributed by atoms with Gasteiger partial charge in [-0.2, -0.15) is 4.98 Å². The van der Waals surface area contributed by atoms with Gasteiger partial charge in [-0.3, -0.25) is 9.59 Å². The first-order chi connectivity index (χ1) is 15.4. The molecular formula is C21H19ClN4O5S. The Morgan fingerprint density at radius 3 is 2.88 bits per heavy atom. The van der Waals surface area contributed by atoms with E-state index >= 15 is 0 Å².